The van der Waals surface area contributed by atoms with Crippen LogP contribution >= 0.6 is 34.8 Å². The van der Waals surface area contributed by atoms with E-state index in [1.165, 1.54) is 36.4 Å². The van der Waals surface area contributed by atoms with Gasteiger partial charge in [0.1, 0.15) is 15.6 Å². The first-order valence-electron chi connectivity index (χ1n) is 9.86. The standard InChI is InChI=1S/C21H25Cl3O6S2/c1-3-31(25,26)14-15(2)13-30-16-5-7-17(8-6-16)32(27,28)18-11-19(23)21(20(24)12-18)29-10-4-9-22/h5-8,11-12,15H,3-4,9-10,13-14H2,1-2H3/t15-/m0/s1. The quantitative estimate of drug-likeness (QED) is 0.267. The van der Waals surface area contributed by atoms with Crippen LogP contribution in [0.2, 0.25) is 10.0 Å². The van der Waals surface area contributed by atoms with E-state index >= 15 is 0 Å². The molecule has 6 nitrogen and oxygen atoms in total. The molecule has 32 heavy (non-hydrogen) atoms. The zero-order valence-electron chi connectivity index (χ0n) is 17.7. The van der Waals surface area contributed by atoms with Gasteiger partial charge < -0.3 is 9.47 Å². The number of rotatable bonds is 12. The Morgan fingerprint density at radius 1 is 0.938 bits per heavy atom. The van der Waals surface area contributed by atoms with Crippen LogP contribution in [-0.4, -0.2) is 47.4 Å². The van der Waals surface area contributed by atoms with Crippen LogP contribution in [0.25, 0.3) is 0 Å². The van der Waals surface area contributed by atoms with Crippen LogP contribution in [0, 0.1) is 5.92 Å². The third-order valence-corrected chi connectivity index (χ3v) is 8.99. The highest BCUT2D eigenvalue weighted by Gasteiger charge is 2.22. The lowest BCUT2D eigenvalue weighted by Crippen LogP contribution is -2.20. The van der Waals surface area contributed by atoms with Crippen molar-refractivity contribution in [2.45, 2.75) is 30.1 Å². The summed E-state index contributed by atoms with van der Waals surface area (Å²) in [5, 5.41) is 0.170. The molecule has 0 spiro atoms. The molecule has 2 rings (SSSR count). The summed E-state index contributed by atoms with van der Waals surface area (Å²) in [6.07, 6.45) is 0.593. The van der Waals surface area contributed by atoms with Crippen LogP contribution in [0.1, 0.15) is 20.3 Å². The van der Waals surface area contributed by atoms with Crippen molar-refractivity contribution in [1.29, 1.82) is 0 Å². The maximum atomic E-state index is 13.0. The average molecular weight is 544 g/mol. The Labute approximate surface area is 204 Å². The summed E-state index contributed by atoms with van der Waals surface area (Å²) in [5.74, 6) is 0.974. The van der Waals surface area contributed by atoms with Gasteiger partial charge >= 0.3 is 0 Å². The summed E-state index contributed by atoms with van der Waals surface area (Å²) in [6, 6.07) is 8.43. The molecule has 1 atom stereocenters. The molecule has 0 bridgehead atoms. The molecule has 0 aliphatic rings. The summed E-state index contributed by atoms with van der Waals surface area (Å²) in [6.45, 7) is 3.88. The van der Waals surface area contributed by atoms with Gasteiger partial charge in [-0.05, 0) is 42.8 Å². The highest BCUT2D eigenvalue weighted by molar-refractivity contribution is 7.91. The third kappa shape index (κ3) is 7.42. The predicted octanol–water partition coefficient (Wildman–Crippen LogP) is 5.28. The van der Waals surface area contributed by atoms with Crippen LogP contribution in [0.3, 0.4) is 0 Å². The number of sulfone groups is 2. The van der Waals surface area contributed by atoms with Crippen molar-refractivity contribution < 1.29 is 26.3 Å². The van der Waals surface area contributed by atoms with Crippen molar-refractivity contribution in [2.24, 2.45) is 5.92 Å². The van der Waals surface area contributed by atoms with E-state index < -0.39 is 19.7 Å². The SMILES string of the molecule is CCS(=O)(=O)C[C@@H](C)COc1ccc(S(=O)(=O)c2cc(Cl)c(OCCCCl)c(Cl)c2)cc1. The van der Waals surface area contributed by atoms with Crippen molar-refractivity contribution in [3.63, 3.8) is 0 Å². The summed E-state index contributed by atoms with van der Waals surface area (Å²) in [4.78, 5) is -0.0290. The van der Waals surface area contributed by atoms with Gasteiger partial charge in [0.2, 0.25) is 9.84 Å². The lowest BCUT2D eigenvalue weighted by Gasteiger charge is -2.14. The molecule has 0 aromatic heterocycles. The second kappa shape index (κ2) is 11.8. The Morgan fingerprint density at radius 2 is 1.53 bits per heavy atom. The number of benzene rings is 2. The Hall–Kier alpha value is -1.19. The first-order chi connectivity index (χ1) is 15.0. The molecule has 0 heterocycles. The Balaban J connectivity index is 2.13. The van der Waals surface area contributed by atoms with Crippen LogP contribution in [0.15, 0.2) is 46.2 Å². The molecule has 0 unspecified atom stereocenters. The average Bonchev–Trinajstić information content (AvgIpc) is 2.74. The highest BCUT2D eigenvalue weighted by atomic mass is 35.5. The maximum absolute atomic E-state index is 13.0. The van der Waals surface area contributed by atoms with Gasteiger partial charge in [0, 0.05) is 17.6 Å². The summed E-state index contributed by atoms with van der Waals surface area (Å²) < 4.78 is 60.5. The van der Waals surface area contributed by atoms with Gasteiger partial charge in [0.25, 0.3) is 0 Å². The molecule has 178 valence electrons. The van der Waals surface area contributed by atoms with Gasteiger partial charge in [-0.15, -0.1) is 11.6 Å². The van der Waals surface area contributed by atoms with Gasteiger partial charge in [-0.3, -0.25) is 0 Å². The van der Waals surface area contributed by atoms with Crippen LogP contribution in [-0.2, 0) is 19.7 Å². The van der Waals surface area contributed by atoms with E-state index in [0.29, 0.717) is 24.7 Å². The van der Waals surface area contributed by atoms with Crippen LogP contribution in [0.5, 0.6) is 11.5 Å². The van der Waals surface area contributed by atoms with E-state index in [0.717, 1.165) is 0 Å². The number of hydrogen-bond acceptors (Lipinski definition) is 6. The fraction of sp³-hybridized carbons (Fsp3) is 0.429. The number of halogens is 3. The predicted molar refractivity (Wildman–Crippen MR) is 128 cm³/mol. The van der Waals surface area contributed by atoms with E-state index in [4.69, 9.17) is 44.3 Å². The Bertz CT molecular complexity index is 1090. The molecule has 0 amide bonds. The second-order valence-corrected chi connectivity index (χ2v) is 12.7. The van der Waals surface area contributed by atoms with Gasteiger partial charge in [0.05, 0.1) is 38.8 Å². The van der Waals surface area contributed by atoms with Crippen LogP contribution < -0.4 is 9.47 Å². The van der Waals surface area contributed by atoms with Crippen molar-refractivity contribution in [2.75, 3.05) is 30.6 Å². The molecule has 0 N–H and O–H groups in total. The lowest BCUT2D eigenvalue weighted by molar-refractivity contribution is 0.271. The summed E-state index contributed by atoms with van der Waals surface area (Å²) >= 11 is 18.0. The normalized spacial score (nSPS) is 13.0. The summed E-state index contributed by atoms with van der Waals surface area (Å²) in [7, 11) is -6.97. The smallest absolute Gasteiger partial charge is 0.206 e. The highest BCUT2D eigenvalue weighted by Crippen LogP contribution is 2.37. The zero-order chi connectivity index (χ0) is 23.9. The fourth-order valence-electron chi connectivity index (χ4n) is 2.75. The minimum atomic E-state index is -3.88. The van der Waals surface area contributed by atoms with E-state index in [-0.39, 0.29) is 49.6 Å². The monoisotopic (exact) mass is 542 g/mol. The first kappa shape index (κ1) is 27.1. The van der Waals surface area contributed by atoms with E-state index in [2.05, 4.69) is 0 Å². The number of hydrogen-bond donors (Lipinski definition) is 0. The first-order valence-corrected chi connectivity index (χ1v) is 14.5. The molecular formula is C21H25Cl3O6S2. The Kier molecular flexibility index (Phi) is 9.97. The molecule has 0 radical (unpaired) electrons. The molecule has 0 saturated carbocycles. The van der Waals surface area contributed by atoms with E-state index in [1.807, 2.05) is 0 Å². The van der Waals surface area contributed by atoms with Gasteiger partial charge in [-0.25, -0.2) is 16.8 Å². The molecule has 0 saturated heterocycles. The molecule has 0 fully saturated rings. The third-order valence-electron chi connectivity index (χ3n) is 4.45. The summed E-state index contributed by atoms with van der Waals surface area (Å²) in [5.41, 5.74) is 0. The number of alkyl halides is 1. The van der Waals surface area contributed by atoms with Crippen molar-refractivity contribution >= 4 is 54.5 Å². The molecule has 2 aromatic carbocycles. The molecule has 2 aromatic rings. The van der Waals surface area contributed by atoms with Gasteiger partial charge in [-0.1, -0.05) is 37.0 Å². The fourth-order valence-corrected chi connectivity index (χ4v) is 6.09. The molecule has 11 heteroatoms. The topological polar surface area (TPSA) is 86.7 Å². The van der Waals surface area contributed by atoms with Crippen molar-refractivity contribution in [1.82, 2.24) is 0 Å². The Morgan fingerprint density at radius 3 is 2.06 bits per heavy atom. The van der Waals surface area contributed by atoms with E-state index in [1.54, 1.807) is 13.8 Å². The van der Waals surface area contributed by atoms with Crippen LogP contribution in [0.4, 0.5) is 0 Å². The largest absolute Gasteiger partial charge is 0.493 e. The minimum absolute atomic E-state index is 0.0308. The van der Waals surface area contributed by atoms with Gasteiger partial charge in [0.15, 0.2) is 5.75 Å². The van der Waals surface area contributed by atoms with E-state index in [9.17, 15) is 16.8 Å². The molecule has 0 aliphatic heterocycles. The minimum Gasteiger partial charge on any atom is -0.493 e. The van der Waals surface area contributed by atoms with Crippen molar-refractivity contribution in [3.05, 3.63) is 46.4 Å². The lowest BCUT2D eigenvalue weighted by atomic mass is 10.2. The van der Waals surface area contributed by atoms with Crippen molar-refractivity contribution in [3.8, 4) is 11.5 Å². The van der Waals surface area contributed by atoms with Gasteiger partial charge in [-0.2, -0.15) is 0 Å². The second-order valence-electron chi connectivity index (χ2n) is 7.20. The maximum Gasteiger partial charge on any atom is 0.206 e. The zero-order valence-corrected chi connectivity index (χ0v) is 21.6. The number of ether oxygens (including phenoxy) is 2. The molecule has 0 aliphatic carbocycles. The molecular weight excluding hydrogens is 519 g/mol.